The standard InChI is InChI=1S/C57H40N2/c1-57(2)49-28-15-31-53(56(49)48-34-39-18-3-4-19-40(39)35-50(48)57)59(42-22-14-21-41(36-42)58-51-29-11-9-25-45(51)46-26-10-12-30-52(46)58)54-33-32-38-17-6-8-24-44(38)55(54)47-27-13-20-37-16-5-7-23-43(37)47/h3-36H,1-2H3. The summed E-state index contributed by atoms with van der Waals surface area (Å²) >= 11 is 0. The molecule has 278 valence electrons. The zero-order chi connectivity index (χ0) is 39.2. The van der Waals surface area contributed by atoms with Gasteiger partial charge in [-0.2, -0.15) is 0 Å². The van der Waals surface area contributed by atoms with Crippen molar-refractivity contribution in [3.05, 3.63) is 217 Å². The number of benzene rings is 10. The molecule has 1 aromatic heterocycles. The highest BCUT2D eigenvalue weighted by molar-refractivity contribution is 6.13. The van der Waals surface area contributed by atoms with Crippen LogP contribution in [0.4, 0.5) is 17.1 Å². The molecule has 1 aliphatic carbocycles. The minimum Gasteiger partial charge on any atom is -0.309 e. The fourth-order valence-electron chi connectivity index (χ4n) is 10.2. The van der Waals surface area contributed by atoms with Crippen molar-refractivity contribution in [1.82, 2.24) is 4.57 Å². The summed E-state index contributed by atoms with van der Waals surface area (Å²) in [7, 11) is 0. The molecule has 2 nitrogen and oxygen atoms in total. The van der Waals surface area contributed by atoms with E-state index in [1.54, 1.807) is 0 Å². The zero-order valence-electron chi connectivity index (χ0n) is 33.0. The second kappa shape index (κ2) is 12.8. The highest BCUT2D eigenvalue weighted by atomic mass is 15.2. The molecule has 1 heterocycles. The van der Waals surface area contributed by atoms with Gasteiger partial charge in [-0.05, 0) is 109 Å². The van der Waals surface area contributed by atoms with Crippen LogP contribution < -0.4 is 4.90 Å². The van der Waals surface area contributed by atoms with Crippen LogP contribution in [0, 0.1) is 0 Å². The summed E-state index contributed by atoms with van der Waals surface area (Å²) in [6.45, 7) is 4.78. The van der Waals surface area contributed by atoms with Gasteiger partial charge in [-0.1, -0.05) is 166 Å². The van der Waals surface area contributed by atoms with Gasteiger partial charge in [-0.15, -0.1) is 0 Å². The van der Waals surface area contributed by atoms with E-state index in [2.05, 4.69) is 230 Å². The van der Waals surface area contributed by atoms with Crippen molar-refractivity contribution in [3.63, 3.8) is 0 Å². The lowest BCUT2D eigenvalue weighted by atomic mass is 9.82. The van der Waals surface area contributed by atoms with Gasteiger partial charge in [0, 0.05) is 38.7 Å². The molecule has 0 aliphatic heterocycles. The summed E-state index contributed by atoms with van der Waals surface area (Å²) in [5.41, 5.74) is 14.5. The molecule has 0 saturated carbocycles. The molecule has 1 aliphatic rings. The third-order valence-electron chi connectivity index (χ3n) is 12.9. The molecule has 0 unspecified atom stereocenters. The summed E-state index contributed by atoms with van der Waals surface area (Å²) in [6.07, 6.45) is 0. The van der Waals surface area contributed by atoms with Crippen molar-refractivity contribution in [1.29, 1.82) is 0 Å². The minimum absolute atomic E-state index is 0.191. The quantitative estimate of drug-likeness (QED) is 0.170. The Morgan fingerprint density at radius 3 is 1.68 bits per heavy atom. The summed E-state index contributed by atoms with van der Waals surface area (Å²) in [6, 6.07) is 76.4. The van der Waals surface area contributed by atoms with E-state index in [1.165, 1.54) is 93.2 Å². The SMILES string of the molecule is CC1(C)c2cc3ccccc3cc2-c2c(N(c3cccc(-n4c5ccccc5c5ccccc54)c3)c3ccc4ccccc4c3-c3cccc4ccccc34)cccc21. The maximum atomic E-state index is 2.56. The third kappa shape index (κ3) is 5.00. The average Bonchev–Trinajstić information content (AvgIpc) is 3.74. The molecule has 2 heteroatoms. The maximum Gasteiger partial charge on any atom is 0.0546 e. The van der Waals surface area contributed by atoms with Crippen LogP contribution in [0.15, 0.2) is 206 Å². The monoisotopic (exact) mass is 752 g/mol. The Morgan fingerprint density at radius 2 is 0.932 bits per heavy atom. The van der Waals surface area contributed by atoms with Gasteiger partial charge in [0.25, 0.3) is 0 Å². The van der Waals surface area contributed by atoms with Crippen LogP contribution >= 0.6 is 0 Å². The Labute approximate surface area is 343 Å². The zero-order valence-corrected chi connectivity index (χ0v) is 33.0. The second-order valence-corrected chi connectivity index (χ2v) is 16.5. The summed E-state index contributed by atoms with van der Waals surface area (Å²) in [5.74, 6) is 0. The van der Waals surface area contributed by atoms with Crippen LogP contribution in [0.5, 0.6) is 0 Å². The lowest BCUT2D eigenvalue weighted by Gasteiger charge is -2.31. The van der Waals surface area contributed by atoms with Crippen molar-refractivity contribution in [2.45, 2.75) is 19.3 Å². The van der Waals surface area contributed by atoms with E-state index < -0.39 is 0 Å². The smallest absolute Gasteiger partial charge is 0.0546 e. The molecule has 0 spiro atoms. The van der Waals surface area contributed by atoms with E-state index in [9.17, 15) is 0 Å². The van der Waals surface area contributed by atoms with Gasteiger partial charge < -0.3 is 9.47 Å². The number of para-hydroxylation sites is 2. The van der Waals surface area contributed by atoms with Gasteiger partial charge in [0.1, 0.15) is 0 Å². The first-order chi connectivity index (χ1) is 29.0. The van der Waals surface area contributed by atoms with E-state index in [4.69, 9.17) is 0 Å². The van der Waals surface area contributed by atoms with Crippen molar-refractivity contribution in [2.75, 3.05) is 4.90 Å². The molecular formula is C57H40N2. The molecule has 0 atom stereocenters. The normalized spacial score (nSPS) is 13.1. The minimum atomic E-state index is -0.191. The van der Waals surface area contributed by atoms with Crippen molar-refractivity contribution in [2.24, 2.45) is 0 Å². The first-order valence-electron chi connectivity index (χ1n) is 20.6. The number of anilines is 3. The van der Waals surface area contributed by atoms with Crippen LogP contribution in [-0.4, -0.2) is 4.57 Å². The molecule has 10 aromatic carbocycles. The maximum absolute atomic E-state index is 2.56. The van der Waals surface area contributed by atoms with E-state index in [0.29, 0.717) is 0 Å². The summed E-state index contributed by atoms with van der Waals surface area (Å²) in [5, 5.41) is 9.95. The van der Waals surface area contributed by atoms with Gasteiger partial charge in [-0.3, -0.25) is 0 Å². The van der Waals surface area contributed by atoms with Crippen LogP contribution in [0.1, 0.15) is 25.0 Å². The highest BCUT2D eigenvalue weighted by Crippen LogP contribution is 2.56. The first-order valence-corrected chi connectivity index (χ1v) is 20.6. The highest BCUT2D eigenvalue weighted by Gasteiger charge is 2.38. The summed E-state index contributed by atoms with van der Waals surface area (Å²) < 4.78 is 2.43. The van der Waals surface area contributed by atoms with Gasteiger partial charge in [0.05, 0.1) is 22.4 Å². The van der Waals surface area contributed by atoms with Crippen molar-refractivity contribution < 1.29 is 0 Å². The number of hydrogen-bond donors (Lipinski definition) is 0. The van der Waals surface area contributed by atoms with E-state index in [-0.39, 0.29) is 5.41 Å². The molecule has 0 fully saturated rings. The lowest BCUT2D eigenvalue weighted by Crippen LogP contribution is -2.16. The number of hydrogen-bond acceptors (Lipinski definition) is 1. The number of aromatic nitrogens is 1. The predicted molar refractivity (Wildman–Crippen MR) is 251 cm³/mol. The van der Waals surface area contributed by atoms with Gasteiger partial charge >= 0.3 is 0 Å². The van der Waals surface area contributed by atoms with Gasteiger partial charge in [0.2, 0.25) is 0 Å². The third-order valence-corrected chi connectivity index (χ3v) is 12.9. The molecule has 59 heavy (non-hydrogen) atoms. The van der Waals surface area contributed by atoms with Crippen LogP contribution in [0.2, 0.25) is 0 Å². The molecule has 12 rings (SSSR count). The molecular weight excluding hydrogens is 713 g/mol. The molecule has 0 saturated heterocycles. The van der Waals surface area contributed by atoms with Gasteiger partial charge in [0.15, 0.2) is 0 Å². The van der Waals surface area contributed by atoms with E-state index >= 15 is 0 Å². The molecule has 0 radical (unpaired) electrons. The fourth-order valence-corrected chi connectivity index (χ4v) is 10.2. The van der Waals surface area contributed by atoms with Crippen LogP contribution in [0.25, 0.3) is 82.1 Å². The Morgan fingerprint density at radius 1 is 0.373 bits per heavy atom. The largest absolute Gasteiger partial charge is 0.309 e. The number of rotatable bonds is 5. The molecule has 0 amide bonds. The number of fused-ring (bicyclic) bond motifs is 9. The van der Waals surface area contributed by atoms with Crippen molar-refractivity contribution in [3.8, 4) is 27.9 Å². The van der Waals surface area contributed by atoms with Crippen LogP contribution in [-0.2, 0) is 5.41 Å². The van der Waals surface area contributed by atoms with Crippen molar-refractivity contribution >= 4 is 71.2 Å². The molecule has 0 bridgehead atoms. The predicted octanol–water partition coefficient (Wildman–Crippen LogP) is 15.7. The Hall–Kier alpha value is -7.42. The fraction of sp³-hybridized carbons (Fsp3) is 0.0526. The molecule has 11 aromatic rings. The average molecular weight is 753 g/mol. The van der Waals surface area contributed by atoms with E-state index in [1.807, 2.05) is 0 Å². The summed E-state index contributed by atoms with van der Waals surface area (Å²) in [4.78, 5) is 2.56. The lowest BCUT2D eigenvalue weighted by molar-refractivity contribution is 0.661. The topological polar surface area (TPSA) is 8.17 Å². The number of nitrogens with zero attached hydrogens (tertiary/aromatic N) is 2. The Balaban J connectivity index is 1.20. The van der Waals surface area contributed by atoms with Crippen LogP contribution in [0.3, 0.4) is 0 Å². The second-order valence-electron chi connectivity index (χ2n) is 16.5. The molecule has 0 N–H and O–H groups in total. The van der Waals surface area contributed by atoms with Gasteiger partial charge in [-0.25, -0.2) is 0 Å². The Kier molecular flexibility index (Phi) is 7.31. The first kappa shape index (κ1) is 33.7. The van der Waals surface area contributed by atoms with E-state index in [0.717, 1.165) is 17.1 Å². The Bertz CT molecular complexity index is 3430.